The maximum absolute atomic E-state index is 11.5. The highest BCUT2D eigenvalue weighted by molar-refractivity contribution is 5.93. The second-order valence-corrected chi connectivity index (χ2v) is 4.49. The summed E-state index contributed by atoms with van der Waals surface area (Å²) in [5.74, 6) is 0.249. The van der Waals surface area contributed by atoms with Gasteiger partial charge in [-0.15, -0.1) is 0 Å². The van der Waals surface area contributed by atoms with Crippen LogP contribution in [0.2, 0.25) is 0 Å². The molecule has 0 aromatic heterocycles. The summed E-state index contributed by atoms with van der Waals surface area (Å²) in [5.41, 5.74) is 0.848. The zero-order valence-corrected chi connectivity index (χ0v) is 10.1. The van der Waals surface area contributed by atoms with Gasteiger partial charge in [-0.05, 0) is 18.8 Å². The number of allylic oxidation sites excluding steroid dienone is 2. The maximum Gasteiger partial charge on any atom is 0.328 e. The summed E-state index contributed by atoms with van der Waals surface area (Å²) in [4.78, 5) is 22.6. The van der Waals surface area contributed by atoms with Gasteiger partial charge in [0.25, 0.3) is 0 Å². The molecule has 0 fully saturated rings. The van der Waals surface area contributed by atoms with Crippen molar-refractivity contribution in [3.8, 4) is 0 Å². The Kier molecular flexibility index (Phi) is 4.52. The summed E-state index contributed by atoms with van der Waals surface area (Å²) in [7, 11) is 1.38. The van der Waals surface area contributed by atoms with Crippen LogP contribution in [0.1, 0.15) is 33.1 Å². The smallest absolute Gasteiger partial charge is 0.328 e. The number of methoxy groups -OCH3 is 1. The fourth-order valence-electron chi connectivity index (χ4n) is 1.76. The molecular weight excluding hydrogens is 206 g/mol. The molecule has 0 heterocycles. The number of ketones is 1. The fraction of sp³-hybridized carbons (Fsp3) is 0.667. The van der Waals surface area contributed by atoms with Crippen molar-refractivity contribution in [3.05, 3.63) is 11.8 Å². The van der Waals surface area contributed by atoms with Crippen LogP contribution in [0.5, 0.6) is 0 Å². The molecule has 1 unspecified atom stereocenters. The molecule has 1 aliphatic rings. The zero-order chi connectivity index (χ0) is 12.1. The van der Waals surface area contributed by atoms with E-state index < -0.39 is 0 Å². The van der Waals surface area contributed by atoms with Crippen molar-refractivity contribution >= 4 is 11.8 Å². The molecule has 0 aromatic rings. The predicted octanol–water partition coefficient (Wildman–Crippen LogP) is 1.41. The lowest BCUT2D eigenvalue weighted by molar-refractivity contribution is -0.143. The normalized spacial score (nSPS) is 17.2. The minimum Gasteiger partial charge on any atom is -0.467 e. The standard InChI is InChI=1S/C12H19NO3/c1-8(2)6-11(12(15)16-3)13-9-4-5-10(14)7-9/h7-8,11,13H,4-6H2,1-3H3. The first kappa shape index (κ1) is 12.7. The van der Waals surface area contributed by atoms with Crippen molar-refractivity contribution in [2.75, 3.05) is 7.11 Å². The molecular formula is C12H19NO3. The van der Waals surface area contributed by atoms with Crippen molar-refractivity contribution < 1.29 is 14.3 Å². The molecule has 1 atom stereocenters. The molecule has 16 heavy (non-hydrogen) atoms. The van der Waals surface area contributed by atoms with Crippen LogP contribution >= 0.6 is 0 Å². The Morgan fingerprint density at radius 2 is 2.19 bits per heavy atom. The van der Waals surface area contributed by atoms with Crippen LogP contribution in [0.15, 0.2) is 11.8 Å². The molecule has 0 bridgehead atoms. The van der Waals surface area contributed by atoms with E-state index in [0.717, 1.165) is 5.70 Å². The van der Waals surface area contributed by atoms with Gasteiger partial charge in [-0.2, -0.15) is 0 Å². The number of nitrogens with one attached hydrogen (secondary N) is 1. The van der Waals surface area contributed by atoms with E-state index in [1.807, 2.05) is 13.8 Å². The molecule has 0 radical (unpaired) electrons. The van der Waals surface area contributed by atoms with E-state index in [9.17, 15) is 9.59 Å². The maximum atomic E-state index is 11.5. The molecule has 0 amide bonds. The Labute approximate surface area is 96.0 Å². The largest absolute Gasteiger partial charge is 0.467 e. The number of ether oxygens (including phenoxy) is 1. The first-order valence-corrected chi connectivity index (χ1v) is 5.60. The van der Waals surface area contributed by atoms with Crippen LogP contribution in [-0.4, -0.2) is 24.9 Å². The van der Waals surface area contributed by atoms with Gasteiger partial charge < -0.3 is 10.1 Å². The third-order valence-electron chi connectivity index (χ3n) is 2.53. The van der Waals surface area contributed by atoms with Crippen LogP contribution in [0.25, 0.3) is 0 Å². The number of esters is 1. The van der Waals surface area contributed by atoms with Crippen molar-refractivity contribution in [2.24, 2.45) is 5.92 Å². The van der Waals surface area contributed by atoms with Crippen molar-refractivity contribution in [1.82, 2.24) is 5.32 Å². The minimum atomic E-state index is -0.345. The summed E-state index contributed by atoms with van der Waals surface area (Å²) in [5, 5.41) is 3.09. The van der Waals surface area contributed by atoms with Gasteiger partial charge in [-0.1, -0.05) is 13.8 Å². The van der Waals surface area contributed by atoms with Gasteiger partial charge in [-0.3, -0.25) is 4.79 Å². The molecule has 1 rings (SSSR count). The molecule has 4 nitrogen and oxygen atoms in total. The van der Waals surface area contributed by atoms with Gasteiger partial charge in [0.1, 0.15) is 6.04 Å². The Balaban J connectivity index is 2.59. The van der Waals surface area contributed by atoms with Crippen LogP contribution in [-0.2, 0) is 14.3 Å². The van der Waals surface area contributed by atoms with E-state index in [1.165, 1.54) is 7.11 Å². The monoisotopic (exact) mass is 225 g/mol. The summed E-state index contributed by atoms with van der Waals surface area (Å²) in [6.45, 7) is 4.09. The highest BCUT2D eigenvalue weighted by Crippen LogP contribution is 2.15. The molecule has 1 N–H and O–H groups in total. The Hall–Kier alpha value is -1.32. The van der Waals surface area contributed by atoms with Gasteiger partial charge in [0, 0.05) is 18.2 Å². The average molecular weight is 225 g/mol. The number of hydrogen-bond acceptors (Lipinski definition) is 4. The zero-order valence-electron chi connectivity index (χ0n) is 10.1. The topological polar surface area (TPSA) is 55.4 Å². The number of hydrogen-bond donors (Lipinski definition) is 1. The summed E-state index contributed by atoms with van der Waals surface area (Å²) in [6.07, 6.45) is 3.52. The molecule has 4 heteroatoms. The van der Waals surface area contributed by atoms with Gasteiger partial charge in [-0.25, -0.2) is 4.79 Å². The summed E-state index contributed by atoms with van der Waals surface area (Å²) >= 11 is 0. The Morgan fingerprint density at radius 3 is 2.62 bits per heavy atom. The molecule has 1 aliphatic carbocycles. The second kappa shape index (κ2) is 5.68. The summed E-state index contributed by atoms with van der Waals surface area (Å²) in [6, 6.07) is -0.345. The molecule has 0 saturated carbocycles. The second-order valence-electron chi connectivity index (χ2n) is 4.49. The van der Waals surface area contributed by atoms with Gasteiger partial charge in [0.05, 0.1) is 7.11 Å². The van der Waals surface area contributed by atoms with Crippen molar-refractivity contribution in [1.29, 1.82) is 0 Å². The van der Waals surface area contributed by atoms with Crippen LogP contribution in [0.4, 0.5) is 0 Å². The Bertz CT molecular complexity index is 307. The molecule has 0 saturated heterocycles. The highest BCUT2D eigenvalue weighted by atomic mass is 16.5. The van der Waals surface area contributed by atoms with E-state index in [0.29, 0.717) is 25.2 Å². The Morgan fingerprint density at radius 1 is 1.50 bits per heavy atom. The molecule has 90 valence electrons. The lowest BCUT2D eigenvalue weighted by Crippen LogP contribution is -2.37. The average Bonchev–Trinajstić information content (AvgIpc) is 2.61. The first-order valence-electron chi connectivity index (χ1n) is 5.60. The molecule has 0 aliphatic heterocycles. The summed E-state index contributed by atoms with van der Waals surface area (Å²) < 4.78 is 4.74. The van der Waals surface area contributed by atoms with Crippen LogP contribution in [0, 0.1) is 5.92 Å². The number of carbonyl (C=O) groups is 2. The van der Waals surface area contributed by atoms with Gasteiger partial charge >= 0.3 is 5.97 Å². The first-order chi connectivity index (χ1) is 7.52. The molecule has 0 aromatic carbocycles. The van der Waals surface area contributed by atoms with Crippen LogP contribution in [0.3, 0.4) is 0 Å². The van der Waals surface area contributed by atoms with Crippen LogP contribution < -0.4 is 5.32 Å². The van der Waals surface area contributed by atoms with E-state index >= 15 is 0 Å². The SMILES string of the molecule is COC(=O)C(CC(C)C)NC1=CC(=O)CC1. The lowest BCUT2D eigenvalue weighted by Gasteiger charge is -2.19. The third-order valence-corrected chi connectivity index (χ3v) is 2.53. The highest BCUT2D eigenvalue weighted by Gasteiger charge is 2.23. The number of carbonyl (C=O) groups excluding carboxylic acids is 2. The minimum absolute atomic E-state index is 0.121. The van der Waals surface area contributed by atoms with E-state index in [4.69, 9.17) is 4.74 Å². The number of rotatable bonds is 5. The molecule has 0 spiro atoms. The van der Waals surface area contributed by atoms with Crippen molar-refractivity contribution in [3.63, 3.8) is 0 Å². The quantitative estimate of drug-likeness (QED) is 0.719. The lowest BCUT2D eigenvalue weighted by atomic mass is 10.0. The van der Waals surface area contributed by atoms with E-state index in [2.05, 4.69) is 5.32 Å². The predicted molar refractivity (Wildman–Crippen MR) is 60.7 cm³/mol. The third kappa shape index (κ3) is 3.68. The van der Waals surface area contributed by atoms with E-state index in [1.54, 1.807) is 6.08 Å². The van der Waals surface area contributed by atoms with Gasteiger partial charge in [0.2, 0.25) is 0 Å². The fourth-order valence-corrected chi connectivity index (χ4v) is 1.76. The van der Waals surface area contributed by atoms with E-state index in [-0.39, 0.29) is 17.8 Å². The van der Waals surface area contributed by atoms with Crippen molar-refractivity contribution in [2.45, 2.75) is 39.2 Å². The van der Waals surface area contributed by atoms with Gasteiger partial charge in [0.15, 0.2) is 5.78 Å².